The molecule has 31 heavy (non-hydrogen) atoms. The second-order valence-electron chi connectivity index (χ2n) is 6.61. The number of aromatic carboxylic acids is 1. The first kappa shape index (κ1) is 21.5. The second-order valence-corrected chi connectivity index (χ2v) is 6.61. The van der Waals surface area contributed by atoms with Crippen LogP contribution in [0.2, 0.25) is 0 Å². The van der Waals surface area contributed by atoms with E-state index in [1.165, 1.54) is 24.3 Å². The predicted octanol–water partition coefficient (Wildman–Crippen LogP) is 4.80. The second kappa shape index (κ2) is 9.53. The lowest BCUT2D eigenvalue weighted by Gasteiger charge is -2.18. The number of benzene rings is 3. The Morgan fingerprint density at radius 3 is 2.35 bits per heavy atom. The number of nitro groups is 1. The monoisotopic (exact) mass is 420 g/mol. The molecule has 0 aromatic heterocycles. The number of para-hydroxylation sites is 2. The zero-order chi connectivity index (χ0) is 22.4. The number of carbonyl (C=O) groups is 2. The number of hydrogen-bond acceptors (Lipinski definition) is 6. The number of hydrogen-bond donors (Lipinski definition) is 2. The Balaban J connectivity index is 2.20. The number of nitrogens with one attached hydrogen (secondary N) is 1. The first-order valence-corrected chi connectivity index (χ1v) is 9.53. The van der Waals surface area contributed by atoms with Crippen LogP contribution < -0.4 is 5.32 Å². The van der Waals surface area contributed by atoms with Gasteiger partial charge in [-0.15, -0.1) is 0 Å². The molecule has 0 spiro atoms. The van der Waals surface area contributed by atoms with Crippen LogP contribution in [0.5, 0.6) is 0 Å². The SMILES string of the molecule is CCOC(=O)c1ccc(Cc2ccccc2)c(Nc2ccccc2[N+](=O)[O-])c1C(=O)O. The summed E-state index contributed by atoms with van der Waals surface area (Å²) in [6.45, 7) is 1.70. The number of carboxylic acids is 1. The lowest BCUT2D eigenvalue weighted by atomic mass is 9.95. The number of nitro benzene ring substituents is 1. The number of carboxylic acid groups (broad SMARTS) is 1. The van der Waals surface area contributed by atoms with Crippen molar-refractivity contribution in [3.63, 3.8) is 0 Å². The lowest BCUT2D eigenvalue weighted by Crippen LogP contribution is -2.16. The molecule has 158 valence electrons. The van der Waals surface area contributed by atoms with Gasteiger partial charge in [-0.2, -0.15) is 0 Å². The van der Waals surface area contributed by atoms with Gasteiger partial charge in [0.2, 0.25) is 0 Å². The van der Waals surface area contributed by atoms with Crippen LogP contribution >= 0.6 is 0 Å². The van der Waals surface area contributed by atoms with Gasteiger partial charge in [0.1, 0.15) is 5.69 Å². The van der Waals surface area contributed by atoms with Gasteiger partial charge >= 0.3 is 11.9 Å². The zero-order valence-electron chi connectivity index (χ0n) is 16.7. The Kier molecular flexibility index (Phi) is 6.61. The maximum absolute atomic E-state index is 12.4. The highest BCUT2D eigenvalue weighted by atomic mass is 16.6. The van der Waals surface area contributed by atoms with Crippen LogP contribution in [-0.2, 0) is 11.2 Å². The average Bonchev–Trinajstić information content (AvgIpc) is 2.75. The van der Waals surface area contributed by atoms with E-state index in [4.69, 9.17) is 4.74 Å². The maximum Gasteiger partial charge on any atom is 0.339 e. The molecule has 0 aliphatic carbocycles. The third kappa shape index (κ3) is 4.87. The van der Waals surface area contributed by atoms with Gasteiger partial charge < -0.3 is 15.2 Å². The lowest BCUT2D eigenvalue weighted by molar-refractivity contribution is -0.383. The molecule has 0 fully saturated rings. The van der Waals surface area contributed by atoms with E-state index in [1.54, 1.807) is 19.1 Å². The maximum atomic E-state index is 12.4. The summed E-state index contributed by atoms with van der Waals surface area (Å²) in [6.07, 6.45) is 0.354. The van der Waals surface area contributed by atoms with Crippen molar-refractivity contribution >= 4 is 29.0 Å². The van der Waals surface area contributed by atoms with Crippen LogP contribution in [0.1, 0.15) is 38.8 Å². The molecule has 0 aliphatic heterocycles. The van der Waals surface area contributed by atoms with Crippen LogP contribution in [0, 0.1) is 10.1 Å². The summed E-state index contributed by atoms with van der Waals surface area (Å²) in [5.41, 5.74) is 1.05. The van der Waals surface area contributed by atoms with Crippen molar-refractivity contribution in [2.45, 2.75) is 13.3 Å². The van der Waals surface area contributed by atoms with Crippen LogP contribution in [0.25, 0.3) is 0 Å². The summed E-state index contributed by atoms with van der Waals surface area (Å²) < 4.78 is 5.01. The van der Waals surface area contributed by atoms with Crippen molar-refractivity contribution in [1.29, 1.82) is 0 Å². The van der Waals surface area contributed by atoms with E-state index in [1.807, 2.05) is 30.3 Å². The van der Waals surface area contributed by atoms with Crippen LogP contribution in [0.15, 0.2) is 66.7 Å². The molecule has 3 rings (SSSR count). The van der Waals surface area contributed by atoms with E-state index >= 15 is 0 Å². The summed E-state index contributed by atoms with van der Waals surface area (Å²) >= 11 is 0. The Labute approximate surface area is 178 Å². The molecule has 0 amide bonds. The Morgan fingerprint density at radius 2 is 1.71 bits per heavy atom. The van der Waals surface area contributed by atoms with E-state index in [0.29, 0.717) is 12.0 Å². The molecule has 0 heterocycles. The van der Waals surface area contributed by atoms with Crippen LogP contribution in [0.4, 0.5) is 17.1 Å². The van der Waals surface area contributed by atoms with E-state index in [0.717, 1.165) is 5.56 Å². The van der Waals surface area contributed by atoms with E-state index in [-0.39, 0.29) is 34.8 Å². The van der Waals surface area contributed by atoms with Gasteiger partial charge in [-0.05, 0) is 36.6 Å². The highest BCUT2D eigenvalue weighted by Crippen LogP contribution is 2.34. The summed E-state index contributed by atoms with van der Waals surface area (Å²) in [5, 5.41) is 24.3. The van der Waals surface area contributed by atoms with Crippen LogP contribution in [0.3, 0.4) is 0 Å². The summed E-state index contributed by atoms with van der Waals surface area (Å²) in [4.78, 5) is 35.5. The van der Waals surface area contributed by atoms with Gasteiger partial charge in [0, 0.05) is 6.07 Å². The molecule has 0 atom stereocenters. The fourth-order valence-corrected chi connectivity index (χ4v) is 3.23. The predicted molar refractivity (Wildman–Crippen MR) is 115 cm³/mol. The van der Waals surface area contributed by atoms with Gasteiger partial charge in [0.15, 0.2) is 0 Å². The molecule has 0 saturated heterocycles. The molecule has 3 aromatic carbocycles. The molecule has 0 aliphatic rings. The quantitative estimate of drug-likeness (QED) is 0.305. The molecule has 0 unspecified atom stereocenters. The summed E-state index contributed by atoms with van der Waals surface area (Å²) in [5.74, 6) is -2.13. The van der Waals surface area contributed by atoms with Crippen molar-refractivity contribution < 1.29 is 24.4 Å². The van der Waals surface area contributed by atoms with Gasteiger partial charge in [0.25, 0.3) is 5.69 Å². The van der Waals surface area contributed by atoms with E-state index in [9.17, 15) is 24.8 Å². The number of nitrogens with zero attached hydrogens (tertiary/aromatic N) is 1. The van der Waals surface area contributed by atoms with E-state index in [2.05, 4.69) is 5.32 Å². The first-order chi connectivity index (χ1) is 14.9. The number of carbonyl (C=O) groups excluding carboxylic acids is 1. The Bertz CT molecular complexity index is 1130. The third-order valence-electron chi connectivity index (χ3n) is 4.60. The van der Waals surface area contributed by atoms with Crippen molar-refractivity contribution in [3.8, 4) is 0 Å². The number of rotatable bonds is 8. The highest BCUT2D eigenvalue weighted by molar-refractivity contribution is 6.07. The van der Waals surface area contributed by atoms with Gasteiger partial charge in [-0.3, -0.25) is 10.1 Å². The molecule has 8 nitrogen and oxygen atoms in total. The van der Waals surface area contributed by atoms with Gasteiger partial charge in [-0.1, -0.05) is 48.5 Å². The molecule has 2 N–H and O–H groups in total. The fourth-order valence-electron chi connectivity index (χ4n) is 3.23. The highest BCUT2D eigenvalue weighted by Gasteiger charge is 2.26. The molecule has 8 heteroatoms. The minimum absolute atomic E-state index is 0.0799. The zero-order valence-corrected chi connectivity index (χ0v) is 16.7. The van der Waals surface area contributed by atoms with Crippen molar-refractivity contribution in [3.05, 3.63) is 99.1 Å². The standard InChI is InChI=1S/C23H20N2O6/c1-2-31-23(28)17-13-12-16(14-15-8-4-3-5-9-15)21(20(17)22(26)27)24-18-10-6-7-11-19(18)25(29)30/h3-13,24H,2,14H2,1H3,(H,26,27). The fraction of sp³-hybridized carbons (Fsp3) is 0.130. The molecular weight excluding hydrogens is 400 g/mol. The summed E-state index contributed by atoms with van der Waals surface area (Å²) in [7, 11) is 0. The number of ether oxygens (including phenoxy) is 1. The average molecular weight is 420 g/mol. The molecular formula is C23H20N2O6. The minimum Gasteiger partial charge on any atom is -0.478 e. The third-order valence-corrected chi connectivity index (χ3v) is 4.60. The van der Waals surface area contributed by atoms with E-state index < -0.39 is 16.9 Å². The smallest absolute Gasteiger partial charge is 0.339 e. The topological polar surface area (TPSA) is 119 Å². The Morgan fingerprint density at radius 1 is 1.03 bits per heavy atom. The van der Waals surface area contributed by atoms with Gasteiger partial charge in [0.05, 0.1) is 28.3 Å². The van der Waals surface area contributed by atoms with Crippen LogP contribution in [-0.4, -0.2) is 28.6 Å². The number of anilines is 2. The minimum atomic E-state index is -1.35. The van der Waals surface area contributed by atoms with Crippen molar-refractivity contribution in [2.24, 2.45) is 0 Å². The normalized spacial score (nSPS) is 10.4. The largest absolute Gasteiger partial charge is 0.478 e. The molecule has 3 aromatic rings. The Hall–Kier alpha value is -4.20. The van der Waals surface area contributed by atoms with Gasteiger partial charge in [-0.25, -0.2) is 9.59 Å². The number of esters is 1. The first-order valence-electron chi connectivity index (χ1n) is 9.53. The molecule has 0 saturated carbocycles. The van der Waals surface area contributed by atoms with Crippen molar-refractivity contribution in [2.75, 3.05) is 11.9 Å². The van der Waals surface area contributed by atoms with Crippen molar-refractivity contribution in [1.82, 2.24) is 0 Å². The summed E-state index contributed by atoms with van der Waals surface area (Å²) in [6, 6.07) is 18.3. The molecule has 0 bridgehead atoms. The molecule has 0 radical (unpaired) electrons.